The largest absolute Gasteiger partial charge is 0.369 e. The van der Waals surface area contributed by atoms with Gasteiger partial charge in [0.25, 0.3) is 0 Å². The molecule has 0 saturated carbocycles. The van der Waals surface area contributed by atoms with Crippen molar-refractivity contribution in [3.63, 3.8) is 0 Å². The summed E-state index contributed by atoms with van der Waals surface area (Å²) in [6, 6.07) is 1.68. The Morgan fingerprint density at radius 3 is 2.76 bits per heavy atom. The third kappa shape index (κ3) is 5.00. The Hall–Kier alpha value is -0.680. The highest BCUT2D eigenvalue weighted by Gasteiger charge is 2.06. The second kappa shape index (κ2) is 6.91. The number of hydrogen-bond acceptors (Lipinski definition) is 4. The topological polar surface area (TPSA) is 54.9 Å². The van der Waals surface area contributed by atoms with Crippen molar-refractivity contribution in [1.29, 1.82) is 0 Å². The summed E-state index contributed by atoms with van der Waals surface area (Å²) in [4.78, 5) is 8.50. The van der Waals surface area contributed by atoms with Gasteiger partial charge >= 0.3 is 0 Å². The molecule has 0 spiro atoms. The Labute approximate surface area is 110 Å². The smallest absolute Gasteiger partial charge is 0.135 e. The average Bonchev–Trinajstić information content (AvgIpc) is 2.28. The van der Waals surface area contributed by atoms with E-state index in [-0.39, 0.29) is 5.92 Å². The van der Waals surface area contributed by atoms with Gasteiger partial charge < -0.3 is 5.32 Å². The molecule has 0 fully saturated rings. The number of nitrogens with one attached hydrogen (secondary N) is 1. The van der Waals surface area contributed by atoms with Gasteiger partial charge in [-0.3, -0.25) is 4.21 Å². The molecule has 0 aliphatic carbocycles. The van der Waals surface area contributed by atoms with E-state index in [0.717, 1.165) is 5.82 Å². The predicted octanol–water partition coefficient (Wildman–Crippen LogP) is 2.43. The molecule has 96 valence electrons. The van der Waals surface area contributed by atoms with E-state index in [2.05, 4.69) is 15.3 Å². The zero-order valence-corrected chi connectivity index (χ0v) is 11.9. The van der Waals surface area contributed by atoms with Crippen molar-refractivity contribution in [2.75, 3.05) is 23.4 Å². The van der Waals surface area contributed by atoms with Gasteiger partial charge in [0.15, 0.2) is 0 Å². The van der Waals surface area contributed by atoms with E-state index in [4.69, 9.17) is 11.6 Å². The molecule has 6 heteroatoms. The molecule has 0 radical (unpaired) electrons. The lowest BCUT2D eigenvalue weighted by atomic mass is 10.2. The number of aromatic nitrogens is 2. The lowest BCUT2D eigenvalue weighted by Crippen LogP contribution is -2.13. The number of rotatable bonds is 6. The average molecular weight is 276 g/mol. The van der Waals surface area contributed by atoms with Gasteiger partial charge in [0, 0.05) is 40.8 Å². The van der Waals surface area contributed by atoms with Gasteiger partial charge in [0.1, 0.15) is 16.8 Å². The number of hydrogen-bond donors (Lipinski definition) is 1. The van der Waals surface area contributed by atoms with Crippen LogP contribution in [0.2, 0.25) is 5.15 Å². The standard InChI is InChI=1S/C11H18ClN3OS/c1-4-17(16)6-5-13-10-7-9(12)14-11(15-10)8(2)3/h7-8H,4-6H2,1-3H3,(H,13,14,15). The minimum Gasteiger partial charge on any atom is -0.369 e. The van der Waals surface area contributed by atoms with Crippen LogP contribution in [0, 0.1) is 0 Å². The number of halogens is 1. The molecule has 1 rings (SSSR count). The van der Waals surface area contributed by atoms with Crippen molar-refractivity contribution < 1.29 is 4.21 Å². The first-order chi connectivity index (χ1) is 8.02. The molecule has 1 N–H and O–H groups in total. The molecule has 1 aromatic heterocycles. The van der Waals surface area contributed by atoms with Crippen LogP contribution in [0.4, 0.5) is 5.82 Å². The van der Waals surface area contributed by atoms with E-state index < -0.39 is 10.8 Å². The van der Waals surface area contributed by atoms with Crippen molar-refractivity contribution >= 4 is 28.2 Å². The van der Waals surface area contributed by atoms with E-state index in [9.17, 15) is 4.21 Å². The molecule has 1 heterocycles. The maximum absolute atomic E-state index is 11.3. The van der Waals surface area contributed by atoms with Gasteiger partial charge in [-0.15, -0.1) is 0 Å². The van der Waals surface area contributed by atoms with E-state index in [1.54, 1.807) is 6.07 Å². The van der Waals surface area contributed by atoms with Crippen LogP contribution < -0.4 is 5.32 Å². The third-order valence-electron chi connectivity index (χ3n) is 2.19. The summed E-state index contributed by atoms with van der Waals surface area (Å²) in [6.07, 6.45) is 0. The fourth-order valence-corrected chi connectivity index (χ4v) is 2.03. The highest BCUT2D eigenvalue weighted by atomic mass is 35.5. The van der Waals surface area contributed by atoms with Gasteiger partial charge in [-0.25, -0.2) is 9.97 Å². The van der Waals surface area contributed by atoms with Gasteiger partial charge in [-0.2, -0.15) is 0 Å². The predicted molar refractivity (Wildman–Crippen MR) is 73.2 cm³/mol. The summed E-state index contributed by atoms with van der Waals surface area (Å²) in [7, 11) is -0.759. The van der Waals surface area contributed by atoms with Crippen molar-refractivity contribution in [3.05, 3.63) is 17.0 Å². The first kappa shape index (κ1) is 14.4. The Bertz CT molecular complexity index is 398. The Morgan fingerprint density at radius 1 is 1.47 bits per heavy atom. The van der Waals surface area contributed by atoms with Crippen LogP contribution in [-0.4, -0.2) is 32.2 Å². The van der Waals surface area contributed by atoms with Gasteiger partial charge in [0.2, 0.25) is 0 Å². The molecule has 0 bridgehead atoms. The second-order valence-electron chi connectivity index (χ2n) is 3.95. The molecule has 1 atom stereocenters. The highest BCUT2D eigenvalue weighted by molar-refractivity contribution is 7.84. The van der Waals surface area contributed by atoms with Crippen molar-refractivity contribution in [2.24, 2.45) is 0 Å². The van der Waals surface area contributed by atoms with Crippen LogP contribution >= 0.6 is 11.6 Å². The summed E-state index contributed by atoms with van der Waals surface area (Å²) in [5, 5.41) is 3.55. The van der Waals surface area contributed by atoms with E-state index in [0.29, 0.717) is 29.0 Å². The Balaban J connectivity index is 2.62. The second-order valence-corrected chi connectivity index (χ2v) is 6.20. The molecule has 4 nitrogen and oxygen atoms in total. The molecule has 0 aromatic carbocycles. The minimum atomic E-state index is -0.759. The SMILES string of the molecule is CCS(=O)CCNc1cc(Cl)nc(C(C)C)n1. The molecular formula is C11H18ClN3OS. The summed E-state index contributed by atoms with van der Waals surface area (Å²) in [5.74, 6) is 2.95. The first-order valence-electron chi connectivity index (χ1n) is 5.66. The van der Waals surface area contributed by atoms with Gasteiger partial charge in [-0.05, 0) is 0 Å². The fourth-order valence-electron chi connectivity index (χ4n) is 1.22. The van der Waals surface area contributed by atoms with Crippen molar-refractivity contribution in [2.45, 2.75) is 26.7 Å². The molecule has 17 heavy (non-hydrogen) atoms. The summed E-state index contributed by atoms with van der Waals surface area (Å²) >= 11 is 5.91. The lowest BCUT2D eigenvalue weighted by Gasteiger charge is -2.09. The van der Waals surface area contributed by atoms with E-state index in [1.807, 2.05) is 20.8 Å². The van der Waals surface area contributed by atoms with Gasteiger partial charge in [0.05, 0.1) is 0 Å². The summed E-state index contributed by atoms with van der Waals surface area (Å²) in [5.41, 5.74) is 0. The van der Waals surface area contributed by atoms with Gasteiger partial charge in [-0.1, -0.05) is 32.4 Å². The number of nitrogens with zero attached hydrogens (tertiary/aromatic N) is 2. The van der Waals surface area contributed by atoms with E-state index >= 15 is 0 Å². The quantitative estimate of drug-likeness (QED) is 0.810. The zero-order valence-electron chi connectivity index (χ0n) is 10.4. The summed E-state index contributed by atoms with van der Waals surface area (Å²) < 4.78 is 11.3. The highest BCUT2D eigenvalue weighted by Crippen LogP contribution is 2.16. The molecule has 0 amide bonds. The van der Waals surface area contributed by atoms with E-state index in [1.165, 1.54) is 0 Å². The van der Waals surface area contributed by atoms with Crippen LogP contribution in [0.5, 0.6) is 0 Å². The maximum Gasteiger partial charge on any atom is 0.135 e. The Morgan fingerprint density at radius 2 is 2.18 bits per heavy atom. The van der Waals surface area contributed by atoms with Crippen LogP contribution in [-0.2, 0) is 10.8 Å². The monoisotopic (exact) mass is 275 g/mol. The molecular weight excluding hydrogens is 258 g/mol. The molecule has 0 saturated heterocycles. The Kier molecular flexibility index (Phi) is 5.85. The molecule has 0 aliphatic heterocycles. The molecule has 0 aliphatic rings. The van der Waals surface area contributed by atoms with Crippen LogP contribution in [0.25, 0.3) is 0 Å². The zero-order chi connectivity index (χ0) is 12.8. The molecule has 1 aromatic rings. The lowest BCUT2D eigenvalue weighted by molar-refractivity contribution is 0.684. The normalized spacial score (nSPS) is 12.8. The number of anilines is 1. The fraction of sp³-hybridized carbons (Fsp3) is 0.636. The minimum absolute atomic E-state index is 0.235. The van der Waals surface area contributed by atoms with Crippen molar-refractivity contribution in [3.8, 4) is 0 Å². The van der Waals surface area contributed by atoms with Crippen molar-refractivity contribution in [1.82, 2.24) is 9.97 Å². The van der Waals surface area contributed by atoms with Crippen LogP contribution in [0.1, 0.15) is 32.5 Å². The van der Waals surface area contributed by atoms with Crippen LogP contribution in [0.15, 0.2) is 6.07 Å². The molecule has 1 unspecified atom stereocenters. The third-order valence-corrected chi connectivity index (χ3v) is 3.68. The summed E-state index contributed by atoms with van der Waals surface area (Å²) in [6.45, 7) is 6.57. The first-order valence-corrected chi connectivity index (χ1v) is 7.52. The van der Waals surface area contributed by atoms with Crippen LogP contribution in [0.3, 0.4) is 0 Å². The maximum atomic E-state index is 11.3.